The van der Waals surface area contributed by atoms with Crippen molar-refractivity contribution in [2.24, 2.45) is 0 Å². The summed E-state index contributed by atoms with van der Waals surface area (Å²) >= 11 is 3.25. The number of rotatable bonds is 2. The smallest absolute Gasteiger partial charge is 0.356 e. The Labute approximate surface area is 99.4 Å². The van der Waals surface area contributed by atoms with Gasteiger partial charge < -0.3 is 5.32 Å². The minimum absolute atomic E-state index is 0.118. The Bertz CT molecular complexity index is 413. The summed E-state index contributed by atoms with van der Waals surface area (Å²) in [4.78, 5) is 3.92. The van der Waals surface area contributed by atoms with Crippen LogP contribution in [0.1, 0.15) is 18.4 Å². The summed E-state index contributed by atoms with van der Waals surface area (Å²) in [5.74, 6) is 0.274. The van der Waals surface area contributed by atoms with Gasteiger partial charge >= 0.3 is 6.18 Å². The molecule has 6 heteroatoms. The molecule has 1 aromatic heterocycles. The molecule has 0 bridgehead atoms. The molecular weight excluding hydrogens is 285 g/mol. The van der Waals surface area contributed by atoms with Crippen LogP contribution in [0.2, 0.25) is 0 Å². The van der Waals surface area contributed by atoms with Crippen molar-refractivity contribution in [3.63, 3.8) is 0 Å². The second-order valence-electron chi connectivity index (χ2n) is 4.02. The SMILES string of the molecule is Cc1cc(NC2(C(F)(F)F)CC2)ncc1Br. The third kappa shape index (κ3) is 2.03. The van der Waals surface area contributed by atoms with Crippen molar-refractivity contribution in [2.75, 3.05) is 5.32 Å². The van der Waals surface area contributed by atoms with Crippen molar-refractivity contribution < 1.29 is 13.2 Å². The van der Waals surface area contributed by atoms with Crippen LogP contribution in [0.4, 0.5) is 19.0 Å². The molecule has 1 aromatic rings. The minimum atomic E-state index is -4.21. The van der Waals surface area contributed by atoms with Crippen LogP contribution in [-0.4, -0.2) is 16.7 Å². The molecule has 0 amide bonds. The van der Waals surface area contributed by atoms with Crippen LogP contribution in [0.5, 0.6) is 0 Å². The molecule has 0 spiro atoms. The first-order chi connectivity index (χ1) is 7.34. The molecule has 0 saturated heterocycles. The van der Waals surface area contributed by atoms with E-state index in [2.05, 4.69) is 26.2 Å². The van der Waals surface area contributed by atoms with Gasteiger partial charge in [-0.15, -0.1) is 0 Å². The largest absolute Gasteiger partial charge is 0.411 e. The van der Waals surface area contributed by atoms with Crippen molar-refractivity contribution in [1.29, 1.82) is 0 Å². The molecule has 2 nitrogen and oxygen atoms in total. The van der Waals surface area contributed by atoms with E-state index in [-0.39, 0.29) is 18.7 Å². The van der Waals surface area contributed by atoms with E-state index < -0.39 is 11.7 Å². The number of anilines is 1. The van der Waals surface area contributed by atoms with Crippen LogP contribution >= 0.6 is 15.9 Å². The highest BCUT2D eigenvalue weighted by Gasteiger charge is 2.63. The van der Waals surface area contributed by atoms with Crippen molar-refractivity contribution in [2.45, 2.75) is 31.5 Å². The molecule has 2 rings (SSSR count). The number of hydrogen-bond donors (Lipinski definition) is 1. The average Bonchev–Trinajstić information content (AvgIpc) is 2.91. The van der Waals surface area contributed by atoms with Crippen molar-refractivity contribution in [3.05, 3.63) is 22.3 Å². The molecule has 1 N–H and O–H groups in total. The first kappa shape index (κ1) is 11.7. The Hall–Kier alpha value is -0.780. The van der Waals surface area contributed by atoms with Gasteiger partial charge in [0.25, 0.3) is 0 Å². The Morgan fingerprint density at radius 3 is 2.50 bits per heavy atom. The van der Waals surface area contributed by atoms with E-state index in [1.165, 1.54) is 6.20 Å². The summed E-state index contributed by atoms with van der Waals surface area (Å²) in [5, 5.41) is 2.48. The molecule has 16 heavy (non-hydrogen) atoms. The maximum absolute atomic E-state index is 12.7. The van der Waals surface area contributed by atoms with Crippen LogP contribution in [-0.2, 0) is 0 Å². The Morgan fingerprint density at radius 2 is 2.06 bits per heavy atom. The molecule has 1 saturated carbocycles. The number of aromatic nitrogens is 1. The zero-order chi connectivity index (χ0) is 12.0. The summed E-state index contributed by atoms with van der Waals surface area (Å²) in [7, 11) is 0. The standard InChI is InChI=1S/C10H10BrF3N2/c1-6-4-8(15-5-7(6)11)16-9(2-3-9)10(12,13)14/h4-5H,2-3H2,1H3,(H,15,16). The van der Waals surface area contributed by atoms with Gasteiger partial charge in [0.1, 0.15) is 11.4 Å². The van der Waals surface area contributed by atoms with Gasteiger partial charge in [-0.05, 0) is 47.3 Å². The fourth-order valence-corrected chi connectivity index (χ4v) is 1.67. The molecule has 0 atom stereocenters. The first-order valence-corrected chi connectivity index (χ1v) is 5.60. The lowest BCUT2D eigenvalue weighted by Crippen LogP contribution is -2.38. The highest BCUT2D eigenvalue weighted by Crippen LogP contribution is 2.51. The zero-order valence-electron chi connectivity index (χ0n) is 8.53. The van der Waals surface area contributed by atoms with E-state index >= 15 is 0 Å². The van der Waals surface area contributed by atoms with Gasteiger partial charge in [-0.1, -0.05) is 0 Å². The van der Waals surface area contributed by atoms with Gasteiger partial charge in [-0.25, -0.2) is 4.98 Å². The average molecular weight is 295 g/mol. The lowest BCUT2D eigenvalue weighted by molar-refractivity contribution is -0.151. The molecule has 0 aromatic carbocycles. The molecule has 1 aliphatic rings. The topological polar surface area (TPSA) is 24.9 Å². The Kier molecular flexibility index (Phi) is 2.64. The zero-order valence-corrected chi connectivity index (χ0v) is 10.1. The summed E-state index contributed by atoms with van der Waals surface area (Å²) in [6, 6.07) is 1.61. The minimum Gasteiger partial charge on any atom is -0.356 e. The summed E-state index contributed by atoms with van der Waals surface area (Å²) in [6.07, 6.45) is -2.47. The van der Waals surface area contributed by atoms with Crippen molar-refractivity contribution in [3.8, 4) is 0 Å². The van der Waals surface area contributed by atoms with Crippen LogP contribution in [0.25, 0.3) is 0 Å². The van der Waals surface area contributed by atoms with E-state index in [0.717, 1.165) is 10.0 Å². The van der Waals surface area contributed by atoms with Crippen molar-refractivity contribution in [1.82, 2.24) is 4.98 Å². The Morgan fingerprint density at radius 1 is 1.44 bits per heavy atom. The van der Waals surface area contributed by atoms with Crippen LogP contribution in [0.15, 0.2) is 16.7 Å². The normalized spacial score (nSPS) is 18.3. The number of hydrogen-bond acceptors (Lipinski definition) is 2. The molecular formula is C10H10BrF3N2. The molecule has 1 aliphatic carbocycles. The summed E-state index contributed by atoms with van der Waals surface area (Å²) in [5.41, 5.74) is -0.893. The number of nitrogens with zero attached hydrogens (tertiary/aromatic N) is 1. The molecule has 88 valence electrons. The number of pyridine rings is 1. The van der Waals surface area contributed by atoms with E-state index in [0.29, 0.717) is 0 Å². The van der Waals surface area contributed by atoms with Crippen molar-refractivity contribution >= 4 is 21.7 Å². The highest BCUT2D eigenvalue weighted by molar-refractivity contribution is 9.10. The summed E-state index contributed by atoms with van der Waals surface area (Å²) < 4.78 is 38.8. The van der Waals surface area contributed by atoms with E-state index in [1.54, 1.807) is 6.07 Å². The van der Waals surface area contributed by atoms with Gasteiger partial charge in [0, 0.05) is 10.7 Å². The van der Waals surface area contributed by atoms with E-state index in [9.17, 15) is 13.2 Å². The highest BCUT2D eigenvalue weighted by atomic mass is 79.9. The van der Waals surface area contributed by atoms with E-state index in [1.807, 2.05) is 6.92 Å². The number of nitrogens with one attached hydrogen (secondary N) is 1. The quantitative estimate of drug-likeness (QED) is 0.900. The fraction of sp³-hybridized carbons (Fsp3) is 0.500. The van der Waals surface area contributed by atoms with Crippen LogP contribution in [0, 0.1) is 6.92 Å². The molecule has 0 unspecified atom stereocenters. The second kappa shape index (κ2) is 3.61. The predicted molar refractivity (Wildman–Crippen MR) is 58.3 cm³/mol. The molecule has 1 fully saturated rings. The monoisotopic (exact) mass is 294 g/mol. The Balaban J connectivity index is 2.19. The van der Waals surface area contributed by atoms with Gasteiger partial charge in [-0.2, -0.15) is 13.2 Å². The second-order valence-corrected chi connectivity index (χ2v) is 4.88. The van der Waals surface area contributed by atoms with Gasteiger partial charge in [0.05, 0.1) is 0 Å². The predicted octanol–water partition coefficient (Wildman–Crippen LogP) is 3.66. The van der Waals surface area contributed by atoms with Crippen LogP contribution in [0.3, 0.4) is 0 Å². The lowest BCUT2D eigenvalue weighted by Gasteiger charge is -2.21. The molecule has 0 radical (unpaired) electrons. The van der Waals surface area contributed by atoms with E-state index in [4.69, 9.17) is 0 Å². The molecule has 1 heterocycles. The number of halogens is 4. The number of alkyl halides is 3. The first-order valence-electron chi connectivity index (χ1n) is 4.81. The maximum atomic E-state index is 12.7. The third-order valence-corrected chi connectivity index (χ3v) is 3.54. The fourth-order valence-electron chi connectivity index (χ4n) is 1.46. The van der Waals surface area contributed by atoms with Crippen LogP contribution < -0.4 is 5.32 Å². The number of aryl methyl sites for hydroxylation is 1. The van der Waals surface area contributed by atoms with Gasteiger partial charge in [-0.3, -0.25) is 0 Å². The third-order valence-electron chi connectivity index (χ3n) is 2.71. The van der Waals surface area contributed by atoms with Gasteiger partial charge in [0.2, 0.25) is 0 Å². The maximum Gasteiger partial charge on any atom is 0.411 e. The van der Waals surface area contributed by atoms with Gasteiger partial charge in [0.15, 0.2) is 0 Å². The lowest BCUT2D eigenvalue weighted by atomic mass is 10.2. The summed E-state index contributed by atoms with van der Waals surface area (Å²) in [6.45, 7) is 1.81. The molecule has 0 aliphatic heterocycles.